The van der Waals surface area contributed by atoms with E-state index in [1.165, 1.54) is 19.2 Å². The van der Waals surface area contributed by atoms with Crippen LogP contribution in [0.1, 0.15) is 22.3 Å². The van der Waals surface area contributed by atoms with Gasteiger partial charge in [-0.05, 0) is 48.6 Å². The molecule has 0 radical (unpaired) electrons. The standard InChI is InChI=1S/C19H22N2O4S/c1-20-19(22)16-6-4-7-17(12-16)26(23,24)21-13-14-9-10-25-18-8-3-2-5-15(18)11-14/h2-8,12,14,21H,9-11,13H2,1H3,(H,20,22). The molecule has 0 saturated heterocycles. The van der Waals surface area contributed by atoms with Crippen LogP contribution in [0.25, 0.3) is 0 Å². The predicted octanol–water partition coefficient (Wildman–Crippen LogP) is 1.97. The molecule has 0 spiro atoms. The summed E-state index contributed by atoms with van der Waals surface area (Å²) in [6.07, 6.45) is 1.53. The van der Waals surface area contributed by atoms with Crippen LogP contribution in [-0.4, -0.2) is 34.5 Å². The van der Waals surface area contributed by atoms with Crippen LogP contribution in [0.15, 0.2) is 53.4 Å². The Hall–Kier alpha value is -2.38. The van der Waals surface area contributed by atoms with Crippen LogP contribution in [0, 0.1) is 5.92 Å². The molecule has 1 atom stereocenters. The topological polar surface area (TPSA) is 84.5 Å². The van der Waals surface area contributed by atoms with Crippen LogP contribution in [-0.2, 0) is 16.4 Å². The van der Waals surface area contributed by atoms with E-state index in [-0.39, 0.29) is 16.7 Å². The molecule has 1 aliphatic heterocycles. The summed E-state index contributed by atoms with van der Waals surface area (Å²) in [5.74, 6) is 0.700. The van der Waals surface area contributed by atoms with Gasteiger partial charge in [0.1, 0.15) is 5.75 Å². The molecule has 0 bridgehead atoms. The van der Waals surface area contributed by atoms with Crippen molar-refractivity contribution in [3.8, 4) is 5.75 Å². The van der Waals surface area contributed by atoms with Crippen molar-refractivity contribution < 1.29 is 17.9 Å². The Labute approximate surface area is 153 Å². The van der Waals surface area contributed by atoms with Gasteiger partial charge in [0.05, 0.1) is 11.5 Å². The molecule has 7 heteroatoms. The normalized spacial score (nSPS) is 16.9. The Morgan fingerprint density at radius 2 is 2.00 bits per heavy atom. The Kier molecular flexibility index (Phi) is 5.58. The van der Waals surface area contributed by atoms with Gasteiger partial charge in [-0.2, -0.15) is 0 Å². The Bertz CT molecular complexity index is 896. The maximum atomic E-state index is 12.6. The number of carbonyl (C=O) groups is 1. The van der Waals surface area contributed by atoms with Crippen molar-refractivity contribution in [2.75, 3.05) is 20.2 Å². The maximum absolute atomic E-state index is 12.6. The number of fused-ring (bicyclic) bond motifs is 1. The molecule has 1 unspecified atom stereocenters. The second-order valence-electron chi connectivity index (χ2n) is 6.27. The minimum atomic E-state index is -3.68. The van der Waals surface area contributed by atoms with Crippen LogP contribution >= 0.6 is 0 Å². The van der Waals surface area contributed by atoms with Crippen molar-refractivity contribution in [1.29, 1.82) is 0 Å². The molecule has 0 aromatic heterocycles. The molecule has 0 saturated carbocycles. The number of nitrogens with one attached hydrogen (secondary N) is 2. The van der Waals surface area contributed by atoms with Crippen molar-refractivity contribution in [3.63, 3.8) is 0 Å². The molecule has 1 heterocycles. The summed E-state index contributed by atoms with van der Waals surface area (Å²) in [7, 11) is -2.18. The first-order valence-electron chi connectivity index (χ1n) is 8.52. The van der Waals surface area contributed by atoms with Crippen LogP contribution in [0.4, 0.5) is 0 Å². The SMILES string of the molecule is CNC(=O)c1cccc(S(=O)(=O)NCC2CCOc3ccccc3C2)c1. The first-order valence-corrected chi connectivity index (χ1v) is 10.0. The molecular formula is C19H22N2O4S. The van der Waals surface area contributed by atoms with Crippen molar-refractivity contribution in [2.45, 2.75) is 17.7 Å². The molecule has 0 aliphatic carbocycles. The molecule has 2 aromatic carbocycles. The number of ether oxygens (including phenoxy) is 1. The van der Waals surface area contributed by atoms with Crippen molar-refractivity contribution >= 4 is 15.9 Å². The van der Waals surface area contributed by atoms with Crippen LogP contribution in [0.5, 0.6) is 5.75 Å². The summed E-state index contributed by atoms with van der Waals surface area (Å²) in [6.45, 7) is 0.889. The van der Waals surface area contributed by atoms with Gasteiger partial charge in [0.15, 0.2) is 0 Å². The lowest BCUT2D eigenvalue weighted by Gasteiger charge is -2.15. The third-order valence-corrected chi connectivity index (χ3v) is 5.88. The van der Waals surface area contributed by atoms with Crippen LogP contribution in [0.2, 0.25) is 0 Å². The molecule has 2 N–H and O–H groups in total. The van der Waals surface area contributed by atoms with E-state index in [1.807, 2.05) is 24.3 Å². The Balaban J connectivity index is 1.70. The number of amides is 1. The van der Waals surface area contributed by atoms with Gasteiger partial charge in [0.2, 0.25) is 10.0 Å². The van der Waals surface area contributed by atoms with Gasteiger partial charge < -0.3 is 10.1 Å². The van der Waals surface area contributed by atoms with Crippen molar-refractivity contribution in [3.05, 3.63) is 59.7 Å². The number of rotatable bonds is 5. The van der Waals surface area contributed by atoms with Gasteiger partial charge in [-0.1, -0.05) is 24.3 Å². The van der Waals surface area contributed by atoms with Gasteiger partial charge in [-0.15, -0.1) is 0 Å². The van der Waals surface area contributed by atoms with E-state index in [0.29, 0.717) is 18.7 Å². The first kappa shape index (κ1) is 18.4. The molecule has 2 aromatic rings. The highest BCUT2D eigenvalue weighted by atomic mass is 32.2. The summed E-state index contributed by atoms with van der Waals surface area (Å²) in [4.78, 5) is 11.8. The minimum Gasteiger partial charge on any atom is -0.493 e. The van der Waals surface area contributed by atoms with E-state index in [2.05, 4.69) is 10.0 Å². The first-order chi connectivity index (χ1) is 12.5. The summed E-state index contributed by atoms with van der Waals surface area (Å²) in [5, 5.41) is 2.49. The second-order valence-corrected chi connectivity index (χ2v) is 8.04. The summed E-state index contributed by atoms with van der Waals surface area (Å²) >= 11 is 0. The van der Waals surface area contributed by atoms with E-state index in [1.54, 1.807) is 12.1 Å². The van der Waals surface area contributed by atoms with E-state index in [9.17, 15) is 13.2 Å². The number of sulfonamides is 1. The van der Waals surface area contributed by atoms with E-state index >= 15 is 0 Å². The molecule has 6 nitrogen and oxygen atoms in total. The molecule has 0 fully saturated rings. The van der Waals surface area contributed by atoms with Gasteiger partial charge in [0, 0.05) is 19.2 Å². The third kappa shape index (κ3) is 4.23. The summed E-state index contributed by atoms with van der Waals surface area (Å²) in [6, 6.07) is 13.8. The zero-order chi connectivity index (χ0) is 18.6. The highest BCUT2D eigenvalue weighted by Gasteiger charge is 2.21. The molecule has 138 valence electrons. The molecular weight excluding hydrogens is 352 g/mol. The summed E-state index contributed by atoms with van der Waals surface area (Å²) < 4.78 is 33.6. The van der Waals surface area contributed by atoms with Gasteiger partial charge >= 0.3 is 0 Å². The van der Waals surface area contributed by atoms with Gasteiger partial charge in [-0.3, -0.25) is 4.79 Å². The molecule has 1 aliphatic rings. The second kappa shape index (κ2) is 7.88. The van der Waals surface area contributed by atoms with E-state index < -0.39 is 10.0 Å². The fraction of sp³-hybridized carbons (Fsp3) is 0.316. The predicted molar refractivity (Wildman–Crippen MR) is 98.8 cm³/mol. The summed E-state index contributed by atoms with van der Waals surface area (Å²) in [5.41, 5.74) is 1.41. The monoisotopic (exact) mass is 374 g/mol. The van der Waals surface area contributed by atoms with Crippen LogP contribution < -0.4 is 14.8 Å². The molecule has 1 amide bonds. The fourth-order valence-electron chi connectivity index (χ4n) is 3.00. The lowest BCUT2D eigenvalue weighted by Crippen LogP contribution is -2.31. The maximum Gasteiger partial charge on any atom is 0.251 e. The largest absolute Gasteiger partial charge is 0.493 e. The van der Waals surface area contributed by atoms with Gasteiger partial charge in [-0.25, -0.2) is 13.1 Å². The molecule has 26 heavy (non-hydrogen) atoms. The number of hydrogen-bond donors (Lipinski definition) is 2. The number of benzene rings is 2. The zero-order valence-electron chi connectivity index (χ0n) is 14.6. The zero-order valence-corrected chi connectivity index (χ0v) is 15.4. The van der Waals surface area contributed by atoms with E-state index in [4.69, 9.17) is 4.74 Å². The van der Waals surface area contributed by atoms with Gasteiger partial charge in [0.25, 0.3) is 5.91 Å². The highest BCUT2D eigenvalue weighted by Crippen LogP contribution is 2.26. The number of hydrogen-bond acceptors (Lipinski definition) is 4. The number of carbonyl (C=O) groups excluding carboxylic acids is 1. The Morgan fingerprint density at radius 1 is 1.19 bits per heavy atom. The third-order valence-electron chi connectivity index (χ3n) is 4.46. The highest BCUT2D eigenvalue weighted by molar-refractivity contribution is 7.89. The van der Waals surface area contributed by atoms with Crippen molar-refractivity contribution in [2.24, 2.45) is 5.92 Å². The average Bonchev–Trinajstić information content (AvgIpc) is 2.88. The lowest BCUT2D eigenvalue weighted by molar-refractivity contribution is 0.0963. The smallest absolute Gasteiger partial charge is 0.251 e. The lowest BCUT2D eigenvalue weighted by atomic mass is 9.97. The fourth-order valence-corrected chi connectivity index (χ4v) is 4.16. The Morgan fingerprint density at radius 3 is 2.81 bits per heavy atom. The molecule has 3 rings (SSSR count). The van der Waals surface area contributed by atoms with E-state index in [0.717, 1.165) is 24.2 Å². The van der Waals surface area contributed by atoms with Crippen molar-refractivity contribution in [1.82, 2.24) is 10.0 Å². The quantitative estimate of drug-likeness (QED) is 0.838. The number of para-hydroxylation sites is 1. The minimum absolute atomic E-state index is 0.0869. The average molecular weight is 374 g/mol. The van der Waals surface area contributed by atoms with Crippen LogP contribution in [0.3, 0.4) is 0 Å².